The van der Waals surface area contributed by atoms with Gasteiger partial charge in [-0.2, -0.15) is 0 Å². The molecule has 1 unspecified atom stereocenters. The molecule has 2 amide bonds. The third-order valence-electron chi connectivity index (χ3n) is 2.44. The molecule has 0 radical (unpaired) electrons. The molecule has 0 saturated heterocycles. The molecule has 0 aliphatic rings. The molecule has 0 bridgehead atoms. The minimum absolute atomic E-state index is 0.0291. The summed E-state index contributed by atoms with van der Waals surface area (Å²) in [6.07, 6.45) is 0. The quantitative estimate of drug-likeness (QED) is 0.898. The second-order valence-electron chi connectivity index (χ2n) is 4.57. The van der Waals surface area contributed by atoms with Crippen molar-refractivity contribution in [2.24, 2.45) is 5.92 Å². The molecule has 1 atom stereocenters. The van der Waals surface area contributed by atoms with E-state index in [4.69, 9.17) is 23.2 Å². The van der Waals surface area contributed by atoms with Crippen LogP contribution in [0.1, 0.15) is 20.8 Å². The van der Waals surface area contributed by atoms with Crippen molar-refractivity contribution in [3.8, 4) is 0 Å². The van der Waals surface area contributed by atoms with Crippen LogP contribution in [-0.2, 0) is 9.59 Å². The van der Waals surface area contributed by atoms with Crippen molar-refractivity contribution in [3.63, 3.8) is 0 Å². The Bertz CT molecular complexity index is 469. The van der Waals surface area contributed by atoms with Crippen LogP contribution >= 0.6 is 23.2 Å². The third kappa shape index (κ3) is 5.09. The van der Waals surface area contributed by atoms with Crippen LogP contribution in [0.5, 0.6) is 0 Å². The van der Waals surface area contributed by atoms with E-state index in [9.17, 15) is 9.59 Å². The fraction of sp³-hybridized carbons (Fsp3) is 0.385. The second kappa shape index (κ2) is 6.78. The molecule has 0 aliphatic heterocycles. The number of hydrogen-bond acceptors (Lipinski definition) is 2. The Hall–Kier alpha value is -1.26. The first-order valence-corrected chi connectivity index (χ1v) is 6.59. The third-order valence-corrected chi connectivity index (χ3v) is 2.87. The van der Waals surface area contributed by atoms with Gasteiger partial charge in [-0.05, 0) is 24.1 Å². The number of halogens is 2. The van der Waals surface area contributed by atoms with E-state index in [1.807, 2.05) is 13.8 Å². The summed E-state index contributed by atoms with van der Waals surface area (Å²) < 4.78 is 0. The number of anilines is 1. The highest BCUT2D eigenvalue weighted by Crippen LogP contribution is 2.22. The number of amides is 2. The average molecular weight is 303 g/mol. The molecule has 0 aliphatic carbocycles. The maximum Gasteiger partial charge on any atom is 0.247 e. The van der Waals surface area contributed by atoms with Gasteiger partial charge in [-0.25, -0.2) is 0 Å². The summed E-state index contributed by atoms with van der Waals surface area (Å²) in [7, 11) is 0. The Morgan fingerprint density at radius 2 is 1.63 bits per heavy atom. The maximum absolute atomic E-state index is 12.1. The van der Waals surface area contributed by atoms with E-state index in [0.29, 0.717) is 15.7 Å². The van der Waals surface area contributed by atoms with Gasteiger partial charge in [-0.3, -0.25) is 9.59 Å². The van der Waals surface area contributed by atoms with E-state index in [1.54, 1.807) is 18.2 Å². The highest BCUT2D eigenvalue weighted by atomic mass is 35.5. The summed E-state index contributed by atoms with van der Waals surface area (Å²) in [4.78, 5) is 23.2. The molecule has 0 heterocycles. The number of carbonyl (C=O) groups is 2. The molecule has 1 rings (SSSR count). The Balaban J connectivity index is 2.83. The molecule has 2 N–H and O–H groups in total. The number of nitrogens with one attached hydrogen (secondary N) is 2. The predicted molar refractivity (Wildman–Crippen MR) is 77.5 cm³/mol. The van der Waals surface area contributed by atoms with Gasteiger partial charge in [-0.15, -0.1) is 0 Å². The van der Waals surface area contributed by atoms with Crippen molar-refractivity contribution in [1.82, 2.24) is 5.32 Å². The lowest BCUT2D eigenvalue weighted by molar-refractivity contribution is -0.126. The van der Waals surface area contributed by atoms with Gasteiger partial charge in [0.1, 0.15) is 6.04 Å². The van der Waals surface area contributed by atoms with Crippen LogP contribution in [0.15, 0.2) is 18.2 Å². The lowest BCUT2D eigenvalue weighted by atomic mass is 10.0. The van der Waals surface area contributed by atoms with E-state index in [0.717, 1.165) is 0 Å². The Morgan fingerprint density at radius 3 is 2.05 bits per heavy atom. The van der Waals surface area contributed by atoms with Crippen LogP contribution in [0.4, 0.5) is 5.69 Å². The van der Waals surface area contributed by atoms with Crippen LogP contribution < -0.4 is 10.6 Å². The first-order chi connectivity index (χ1) is 8.79. The van der Waals surface area contributed by atoms with E-state index < -0.39 is 6.04 Å². The van der Waals surface area contributed by atoms with Crippen molar-refractivity contribution in [2.75, 3.05) is 5.32 Å². The van der Waals surface area contributed by atoms with Gasteiger partial charge in [0.05, 0.1) is 0 Å². The predicted octanol–water partition coefficient (Wildman–Crippen LogP) is 3.09. The van der Waals surface area contributed by atoms with E-state index >= 15 is 0 Å². The number of carbonyl (C=O) groups excluding carboxylic acids is 2. The Morgan fingerprint density at radius 1 is 1.11 bits per heavy atom. The van der Waals surface area contributed by atoms with Crippen molar-refractivity contribution in [1.29, 1.82) is 0 Å². The van der Waals surface area contributed by atoms with Gasteiger partial charge >= 0.3 is 0 Å². The molecular weight excluding hydrogens is 287 g/mol. The summed E-state index contributed by atoms with van der Waals surface area (Å²) in [5, 5.41) is 6.17. The van der Waals surface area contributed by atoms with Gasteiger partial charge in [0.25, 0.3) is 0 Å². The minimum atomic E-state index is -0.602. The van der Waals surface area contributed by atoms with Gasteiger partial charge < -0.3 is 10.6 Å². The zero-order valence-electron chi connectivity index (χ0n) is 11.0. The zero-order valence-corrected chi connectivity index (χ0v) is 12.5. The van der Waals surface area contributed by atoms with Crippen molar-refractivity contribution in [3.05, 3.63) is 28.2 Å². The first-order valence-electron chi connectivity index (χ1n) is 5.83. The molecule has 6 heteroatoms. The number of benzene rings is 1. The molecule has 0 fully saturated rings. The van der Waals surface area contributed by atoms with Crippen LogP contribution in [-0.4, -0.2) is 17.9 Å². The Kier molecular flexibility index (Phi) is 5.63. The van der Waals surface area contributed by atoms with Gasteiger partial charge in [-0.1, -0.05) is 37.0 Å². The summed E-state index contributed by atoms with van der Waals surface area (Å²) in [6.45, 7) is 5.08. The summed E-state index contributed by atoms with van der Waals surface area (Å²) in [5.41, 5.74) is 0.499. The van der Waals surface area contributed by atoms with Crippen molar-refractivity contribution >= 4 is 40.7 Å². The monoisotopic (exact) mass is 302 g/mol. The van der Waals surface area contributed by atoms with Crippen LogP contribution in [0.25, 0.3) is 0 Å². The summed E-state index contributed by atoms with van der Waals surface area (Å²) in [6, 6.07) is 4.16. The van der Waals surface area contributed by atoms with E-state index in [2.05, 4.69) is 10.6 Å². The Labute approximate surface area is 122 Å². The van der Waals surface area contributed by atoms with E-state index in [1.165, 1.54) is 6.92 Å². The van der Waals surface area contributed by atoms with E-state index in [-0.39, 0.29) is 17.7 Å². The topological polar surface area (TPSA) is 58.2 Å². The number of rotatable bonds is 4. The molecule has 1 aromatic carbocycles. The minimum Gasteiger partial charge on any atom is -0.344 e. The largest absolute Gasteiger partial charge is 0.344 e. The second-order valence-corrected chi connectivity index (χ2v) is 5.44. The average Bonchev–Trinajstić information content (AvgIpc) is 2.23. The van der Waals surface area contributed by atoms with Crippen LogP contribution in [0.3, 0.4) is 0 Å². The summed E-state index contributed by atoms with van der Waals surface area (Å²) >= 11 is 11.7. The lowest BCUT2D eigenvalue weighted by Gasteiger charge is -2.21. The molecule has 104 valence electrons. The smallest absolute Gasteiger partial charge is 0.247 e. The standard InChI is InChI=1S/C13H16Cl2N2O2/c1-7(2)12(16-8(3)18)13(19)17-11-5-9(14)4-10(15)6-11/h4-7,12H,1-3H3,(H,16,18)(H,17,19). The molecule has 0 spiro atoms. The zero-order chi connectivity index (χ0) is 14.6. The fourth-order valence-electron chi connectivity index (χ4n) is 1.60. The van der Waals surface area contributed by atoms with Gasteiger partial charge in [0.2, 0.25) is 11.8 Å². The number of hydrogen-bond donors (Lipinski definition) is 2. The summed E-state index contributed by atoms with van der Waals surface area (Å²) in [5.74, 6) is -0.583. The normalized spacial score (nSPS) is 12.1. The molecule has 0 saturated carbocycles. The van der Waals surface area contributed by atoms with Gasteiger partial charge in [0.15, 0.2) is 0 Å². The first kappa shape index (κ1) is 15.8. The molecule has 4 nitrogen and oxygen atoms in total. The molecule has 0 aromatic heterocycles. The molecular formula is C13H16Cl2N2O2. The fourth-order valence-corrected chi connectivity index (χ4v) is 2.13. The SMILES string of the molecule is CC(=O)NC(C(=O)Nc1cc(Cl)cc(Cl)c1)C(C)C. The van der Waals surface area contributed by atoms with Crippen LogP contribution in [0, 0.1) is 5.92 Å². The lowest BCUT2D eigenvalue weighted by Crippen LogP contribution is -2.46. The maximum atomic E-state index is 12.1. The highest BCUT2D eigenvalue weighted by molar-refractivity contribution is 6.35. The van der Waals surface area contributed by atoms with Gasteiger partial charge in [0, 0.05) is 22.7 Å². The molecule has 19 heavy (non-hydrogen) atoms. The highest BCUT2D eigenvalue weighted by Gasteiger charge is 2.23. The van der Waals surface area contributed by atoms with Crippen molar-refractivity contribution < 1.29 is 9.59 Å². The molecule has 1 aromatic rings. The van der Waals surface area contributed by atoms with Crippen molar-refractivity contribution in [2.45, 2.75) is 26.8 Å². The van der Waals surface area contributed by atoms with Crippen LogP contribution in [0.2, 0.25) is 10.0 Å².